The predicted octanol–water partition coefficient (Wildman–Crippen LogP) is 3.31. The Labute approximate surface area is 118 Å². The first kappa shape index (κ1) is 13.0. The highest BCUT2D eigenvalue weighted by molar-refractivity contribution is 8.14. The fourth-order valence-corrected chi connectivity index (χ4v) is 3.82. The summed E-state index contributed by atoms with van der Waals surface area (Å²) >= 11 is 1.85. The van der Waals surface area contributed by atoms with Gasteiger partial charge >= 0.3 is 0 Å². The molecular weight excluding hydrogens is 256 g/mol. The van der Waals surface area contributed by atoms with Crippen molar-refractivity contribution in [2.75, 3.05) is 24.3 Å². The van der Waals surface area contributed by atoms with Crippen molar-refractivity contribution < 1.29 is 4.74 Å². The molecule has 0 radical (unpaired) electrons. The molecule has 1 aromatic carbocycles. The van der Waals surface area contributed by atoms with Crippen LogP contribution in [0.5, 0.6) is 0 Å². The largest absolute Gasteiger partial charge is 0.381 e. The van der Waals surface area contributed by atoms with E-state index in [1.54, 1.807) is 0 Å². The number of anilines is 1. The van der Waals surface area contributed by atoms with E-state index in [1.807, 2.05) is 11.8 Å². The van der Waals surface area contributed by atoms with E-state index in [9.17, 15) is 0 Å². The highest BCUT2D eigenvalue weighted by atomic mass is 32.2. The number of rotatable bonds is 2. The van der Waals surface area contributed by atoms with Crippen LogP contribution >= 0.6 is 11.8 Å². The Hall–Kier alpha value is -1.000. The maximum atomic E-state index is 5.45. The van der Waals surface area contributed by atoms with Crippen molar-refractivity contribution in [1.82, 2.24) is 0 Å². The molecule has 0 amide bonds. The molecule has 0 aliphatic carbocycles. The number of aliphatic imine (C=N–C) groups is 1. The number of ether oxygens (including phenoxy) is 1. The van der Waals surface area contributed by atoms with Crippen LogP contribution in [0.4, 0.5) is 5.69 Å². The monoisotopic (exact) mass is 276 g/mol. The third-order valence-corrected chi connectivity index (χ3v) is 5.03. The Kier molecular flexibility index (Phi) is 3.80. The lowest BCUT2D eigenvalue weighted by Gasteiger charge is -2.29. The zero-order valence-electron chi connectivity index (χ0n) is 11.3. The van der Waals surface area contributed by atoms with E-state index < -0.39 is 0 Å². The lowest BCUT2D eigenvalue weighted by Crippen LogP contribution is -2.34. The molecule has 1 spiro atoms. The number of para-hydroxylation sites is 1. The van der Waals surface area contributed by atoms with Crippen LogP contribution in [0.25, 0.3) is 0 Å². The van der Waals surface area contributed by atoms with Gasteiger partial charge in [-0.05, 0) is 30.9 Å². The number of amidine groups is 1. The summed E-state index contributed by atoms with van der Waals surface area (Å²) in [6, 6.07) is 8.48. The quantitative estimate of drug-likeness (QED) is 0.899. The molecule has 0 unspecified atom stereocenters. The number of nitrogens with one attached hydrogen (secondary N) is 1. The van der Waals surface area contributed by atoms with Gasteiger partial charge in [-0.1, -0.05) is 36.9 Å². The van der Waals surface area contributed by atoms with Gasteiger partial charge in [-0.2, -0.15) is 0 Å². The second kappa shape index (κ2) is 5.55. The maximum absolute atomic E-state index is 5.45. The molecule has 19 heavy (non-hydrogen) atoms. The number of benzene rings is 1. The topological polar surface area (TPSA) is 33.6 Å². The van der Waals surface area contributed by atoms with Crippen molar-refractivity contribution in [2.45, 2.75) is 31.7 Å². The van der Waals surface area contributed by atoms with Crippen molar-refractivity contribution in [3.8, 4) is 0 Å². The van der Waals surface area contributed by atoms with Crippen LogP contribution in [0.2, 0.25) is 0 Å². The summed E-state index contributed by atoms with van der Waals surface area (Å²) < 4.78 is 5.45. The van der Waals surface area contributed by atoms with E-state index in [-0.39, 0.29) is 5.54 Å². The fourth-order valence-electron chi connectivity index (χ4n) is 2.62. The first-order chi connectivity index (χ1) is 9.31. The summed E-state index contributed by atoms with van der Waals surface area (Å²) in [5, 5.41) is 4.58. The van der Waals surface area contributed by atoms with Crippen molar-refractivity contribution in [3.05, 3.63) is 29.8 Å². The lowest BCUT2D eigenvalue weighted by molar-refractivity contribution is 0.0624. The zero-order valence-corrected chi connectivity index (χ0v) is 12.1. The smallest absolute Gasteiger partial charge is 0.161 e. The minimum absolute atomic E-state index is 0.131. The van der Waals surface area contributed by atoms with Crippen molar-refractivity contribution >= 4 is 22.6 Å². The molecule has 1 saturated heterocycles. The Morgan fingerprint density at radius 3 is 2.89 bits per heavy atom. The molecule has 0 bridgehead atoms. The van der Waals surface area contributed by atoms with Crippen LogP contribution in [0, 0.1) is 0 Å². The number of hydrogen-bond donors (Lipinski definition) is 1. The second-order valence-corrected chi connectivity index (χ2v) is 6.14. The Bertz CT molecular complexity index is 481. The molecule has 1 fully saturated rings. The Balaban J connectivity index is 1.75. The van der Waals surface area contributed by atoms with Gasteiger partial charge in [0, 0.05) is 24.7 Å². The minimum Gasteiger partial charge on any atom is -0.381 e. The van der Waals surface area contributed by atoms with Gasteiger partial charge in [-0.15, -0.1) is 0 Å². The summed E-state index contributed by atoms with van der Waals surface area (Å²) in [4.78, 5) is 4.94. The summed E-state index contributed by atoms with van der Waals surface area (Å²) in [6.45, 7) is 3.88. The first-order valence-electron chi connectivity index (χ1n) is 6.97. The molecule has 2 heterocycles. The third-order valence-electron chi connectivity index (χ3n) is 3.88. The molecule has 1 N–H and O–H groups in total. The van der Waals surface area contributed by atoms with E-state index >= 15 is 0 Å². The maximum Gasteiger partial charge on any atom is 0.161 e. The normalized spacial score (nSPS) is 21.4. The highest BCUT2D eigenvalue weighted by Crippen LogP contribution is 2.36. The highest BCUT2D eigenvalue weighted by Gasteiger charge is 2.37. The van der Waals surface area contributed by atoms with E-state index in [2.05, 4.69) is 36.5 Å². The molecule has 3 rings (SSSR count). The van der Waals surface area contributed by atoms with Crippen LogP contribution in [0.3, 0.4) is 0 Å². The molecule has 0 saturated carbocycles. The van der Waals surface area contributed by atoms with Crippen molar-refractivity contribution in [1.29, 1.82) is 0 Å². The summed E-state index contributed by atoms with van der Waals surface area (Å²) in [7, 11) is 0. The van der Waals surface area contributed by atoms with Gasteiger partial charge in [-0.25, -0.2) is 0 Å². The standard InChI is InChI=1S/C15H20N2OS/c1-2-12-5-3-4-6-13(12)16-14-17-15(11-19-14)7-9-18-10-8-15/h3-6H,2,7-11H2,1H3,(H,16,17). The molecule has 102 valence electrons. The van der Waals surface area contributed by atoms with Crippen LogP contribution in [0.15, 0.2) is 29.3 Å². The first-order valence-corrected chi connectivity index (χ1v) is 7.95. The average Bonchev–Trinajstić information content (AvgIpc) is 2.83. The predicted molar refractivity (Wildman–Crippen MR) is 82.1 cm³/mol. The van der Waals surface area contributed by atoms with Gasteiger partial charge in [0.1, 0.15) is 0 Å². The van der Waals surface area contributed by atoms with E-state index in [4.69, 9.17) is 9.73 Å². The van der Waals surface area contributed by atoms with Crippen molar-refractivity contribution in [2.24, 2.45) is 4.99 Å². The number of thioether (sulfide) groups is 1. The second-order valence-electron chi connectivity index (χ2n) is 5.18. The van der Waals surface area contributed by atoms with Crippen LogP contribution in [0.1, 0.15) is 25.3 Å². The molecule has 3 nitrogen and oxygen atoms in total. The fraction of sp³-hybridized carbons (Fsp3) is 0.533. The SMILES string of the molecule is CCc1ccccc1NC1=NC2(CCOCC2)CS1. The molecular formula is C15H20N2OS. The number of nitrogens with zero attached hydrogens (tertiary/aromatic N) is 1. The molecule has 1 aromatic rings. The van der Waals surface area contributed by atoms with Crippen LogP contribution in [-0.4, -0.2) is 29.7 Å². The van der Waals surface area contributed by atoms with E-state index in [0.717, 1.165) is 43.4 Å². The van der Waals surface area contributed by atoms with Crippen molar-refractivity contribution in [3.63, 3.8) is 0 Å². The van der Waals surface area contributed by atoms with Gasteiger partial charge in [0.2, 0.25) is 0 Å². The lowest BCUT2D eigenvalue weighted by atomic mass is 9.93. The summed E-state index contributed by atoms with van der Waals surface area (Å²) in [5.41, 5.74) is 2.67. The Morgan fingerprint density at radius 2 is 2.11 bits per heavy atom. The molecule has 2 aliphatic rings. The molecule has 2 aliphatic heterocycles. The van der Waals surface area contributed by atoms with Crippen LogP contribution < -0.4 is 5.32 Å². The van der Waals surface area contributed by atoms with Gasteiger partial charge in [0.15, 0.2) is 5.17 Å². The van der Waals surface area contributed by atoms with E-state index in [0.29, 0.717) is 0 Å². The minimum atomic E-state index is 0.131. The summed E-state index contributed by atoms with van der Waals surface area (Å²) in [5.74, 6) is 1.09. The van der Waals surface area contributed by atoms with Crippen LogP contribution in [-0.2, 0) is 11.2 Å². The van der Waals surface area contributed by atoms with Gasteiger partial charge in [0.25, 0.3) is 0 Å². The molecule has 0 aromatic heterocycles. The molecule has 4 heteroatoms. The summed E-state index contributed by atoms with van der Waals surface area (Å²) in [6.07, 6.45) is 3.15. The zero-order chi connectivity index (χ0) is 13.1. The number of aryl methyl sites for hydroxylation is 1. The third kappa shape index (κ3) is 2.79. The Morgan fingerprint density at radius 1 is 1.32 bits per heavy atom. The van der Waals surface area contributed by atoms with Gasteiger partial charge in [0.05, 0.1) is 5.54 Å². The van der Waals surface area contributed by atoms with E-state index in [1.165, 1.54) is 11.3 Å². The molecule has 0 atom stereocenters. The van der Waals surface area contributed by atoms with Gasteiger partial charge < -0.3 is 10.1 Å². The number of hydrogen-bond acceptors (Lipinski definition) is 4. The van der Waals surface area contributed by atoms with Gasteiger partial charge in [-0.3, -0.25) is 4.99 Å². The average molecular weight is 276 g/mol.